The Morgan fingerprint density at radius 1 is 1.33 bits per heavy atom. The zero-order chi connectivity index (χ0) is 12.4. The smallest absolute Gasteiger partial charge is 0.0959 e. The van der Waals surface area contributed by atoms with E-state index in [9.17, 15) is 5.11 Å². The maximum absolute atomic E-state index is 10.4. The number of hydrogen-bond donors (Lipinski definition) is 2. The second-order valence-corrected chi connectivity index (χ2v) is 6.73. The molecule has 0 atom stereocenters. The number of aliphatic hydroxyl groups is 1. The molecule has 0 radical (unpaired) electrons. The molecule has 0 unspecified atom stereocenters. The van der Waals surface area contributed by atoms with Crippen LogP contribution in [-0.2, 0) is 6.54 Å². The molecule has 0 bridgehead atoms. The van der Waals surface area contributed by atoms with E-state index in [4.69, 9.17) is 0 Å². The zero-order valence-electron chi connectivity index (χ0n) is 10.8. The molecule has 4 heteroatoms. The molecule has 0 aromatic carbocycles. The fourth-order valence-electron chi connectivity index (χ4n) is 2.73. The average molecular weight is 266 g/mol. The van der Waals surface area contributed by atoms with Gasteiger partial charge in [0.15, 0.2) is 0 Å². The van der Waals surface area contributed by atoms with Crippen molar-refractivity contribution >= 4 is 11.3 Å². The molecule has 18 heavy (non-hydrogen) atoms. The average Bonchev–Trinajstić information content (AvgIpc) is 3.11. The van der Waals surface area contributed by atoms with Gasteiger partial charge in [-0.1, -0.05) is 19.3 Å². The van der Waals surface area contributed by atoms with Crippen LogP contribution in [0.3, 0.4) is 0 Å². The Morgan fingerprint density at radius 2 is 2.11 bits per heavy atom. The molecule has 2 fully saturated rings. The minimum Gasteiger partial charge on any atom is -0.389 e. The Kier molecular flexibility index (Phi) is 3.68. The van der Waals surface area contributed by atoms with Crippen molar-refractivity contribution < 1.29 is 5.11 Å². The largest absolute Gasteiger partial charge is 0.389 e. The summed E-state index contributed by atoms with van der Waals surface area (Å²) in [7, 11) is 0. The van der Waals surface area contributed by atoms with E-state index >= 15 is 0 Å². The lowest BCUT2D eigenvalue weighted by atomic mass is 9.85. The van der Waals surface area contributed by atoms with Gasteiger partial charge in [0.25, 0.3) is 0 Å². The van der Waals surface area contributed by atoms with Crippen LogP contribution < -0.4 is 5.32 Å². The molecule has 2 aliphatic rings. The molecule has 2 aliphatic carbocycles. The third-order valence-electron chi connectivity index (χ3n) is 4.04. The number of rotatable bonds is 5. The minimum atomic E-state index is -0.465. The molecule has 0 spiro atoms. The number of nitrogens with zero attached hydrogens (tertiary/aromatic N) is 1. The van der Waals surface area contributed by atoms with Crippen molar-refractivity contribution in [2.45, 2.75) is 63.0 Å². The van der Waals surface area contributed by atoms with Gasteiger partial charge in [-0.25, -0.2) is 4.98 Å². The van der Waals surface area contributed by atoms with Crippen LogP contribution in [-0.4, -0.2) is 22.2 Å². The quantitative estimate of drug-likeness (QED) is 0.861. The van der Waals surface area contributed by atoms with Gasteiger partial charge in [0.1, 0.15) is 0 Å². The van der Waals surface area contributed by atoms with E-state index in [1.54, 1.807) is 11.3 Å². The summed E-state index contributed by atoms with van der Waals surface area (Å²) in [5.41, 5.74) is 0.675. The van der Waals surface area contributed by atoms with Crippen molar-refractivity contribution in [3.63, 3.8) is 0 Å². The summed E-state index contributed by atoms with van der Waals surface area (Å²) < 4.78 is 0. The normalized spacial score (nSPS) is 23.2. The Labute approximate surface area is 113 Å². The number of hydrogen-bond acceptors (Lipinski definition) is 4. The highest BCUT2D eigenvalue weighted by molar-refractivity contribution is 7.09. The van der Waals surface area contributed by atoms with Gasteiger partial charge in [0.05, 0.1) is 16.3 Å². The van der Waals surface area contributed by atoms with Gasteiger partial charge in [-0.2, -0.15) is 0 Å². The summed E-state index contributed by atoms with van der Waals surface area (Å²) in [6, 6.07) is 0. The SMILES string of the molecule is OC1(CNCc2csc(C3CC3)n2)CCCCC1. The van der Waals surface area contributed by atoms with Gasteiger partial charge in [-0.05, 0) is 25.7 Å². The highest BCUT2D eigenvalue weighted by Crippen LogP contribution is 2.41. The van der Waals surface area contributed by atoms with Crippen molar-refractivity contribution in [3.8, 4) is 0 Å². The van der Waals surface area contributed by atoms with E-state index in [0.29, 0.717) is 6.54 Å². The summed E-state index contributed by atoms with van der Waals surface area (Å²) >= 11 is 1.79. The third kappa shape index (κ3) is 3.11. The lowest BCUT2D eigenvalue weighted by Crippen LogP contribution is -2.41. The number of aromatic nitrogens is 1. The molecular formula is C14H22N2OS. The summed E-state index contributed by atoms with van der Waals surface area (Å²) in [5.74, 6) is 0.756. The van der Waals surface area contributed by atoms with Crippen molar-refractivity contribution in [2.24, 2.45) is 0 Å². The van der Waals surface area contributed by atoms with Crippen LogP contribution in [0.4, 0.5) is 0 Å². The summed E-state index contributed by atoms with van der Waals surface area (Å²) in [5, 5.41) is 17.2. The molecule has 3 nitrogen and oxygen atoms in total. The second-order valence-electron chi connectivity index (χ2n) is 5.84. The second kappa shape index (κ2) is 5.27. The molecule has 1 aromatic heterocycles. The predicted molar refractivity (Wildman–Crippen MR) is 73.8 cm³/mol. The Morgan fingerprint density at radius 3 is 2.83 bits per heavy atom. The van der Waals surface area contributed by atoms with E-state index in [-0.39, 0.29) is 0 Å². The first-order valence-corrected chi connectivity index (χ1v) is 8.01. The Hall–Kier alpha value is -0.450. The van der Waals surface area contributed by atoms with E-state index in [2.05, 4.69) is 15.7 Å². The zero-order valence-corrected chi connectivity index (χ0v) is 11.6. The fraction of sp³-hybridized carbons (Fsp3) is 0.786. The van der Waals surface area contributed by atoms with Crippen molar-refractivity contribution in [3.05, 3.63) is 16.1 Å². The number of nitrogens with one attached hydrogen (secondary N) is 1. The maximum atomic E-state index is 10.4. The monoisotopic (exact) mass is 266 g/mol. The molecule has 1 heterocycles. The first-order chi connectivity index (χ1) is 8.75. The molecule has 0 saturated heterocycles. The summed E-state index contributed by atoms with van der Waals surface area (Å²) in [6.07, 6.45) is 8.15. The van der Waals surface area contributed by atoms with Crippen LogP contribution in [0.2, 0.25) is 0 Å². The van der Waals surface area contributed by atoms with Crippen LogP contribution in [0.25, 0.3) is 0 Å². The van der Waals surface area contributed by atoms with Crippen LogP contribution in [0, 0.1) is 0 Å². The predicted octanol–water partition coefficient (Wildman–Crippen LogP) is 2.81. The highest BCUT2D eigenvalue weighted by Gasteiger charge is 2.29. The van der Waals surface area contributed by atoms with Crippen LogP contribution in [0.1, 0.15) is 61.6 Å². The number of thiazole rings is 1. The van der Waals surface area contributed by atoms with Crippen molar-refractivity contribution in [1.29, 1.82) is 0 Å². The molecule has 3 rings (SSSR count). The first kappa shape index (κ1) is 12.6. The van der Waals surface area contributed by atoms with E-state index in [1.165, 1.54) is 37.1 Å². The molecule has 2 N–H and O–H groups in total. The topological polar surface area (TPSA) is 45.1 Å². The van der Waals surface area contributed by atoms with Gasteiger partial charge in [-0.15, -0.1) is 11.3 Å². The van der Waals surface area contributed by atoms with Gasteiger partial charge in [0.2, 0.25) is 0 Å². The van der Waals surface area contributed by atoms with Crippen LogP contribution >= 0.6 is 11.3 Å². The van der Waals surface area contributed by atoms with E-state index < -0.39 is 5.60 Å². The highest BCUT2D eigenvalue weighted by atomic mass is 32.1. The first-order valence-electron chi connectivity index (χ1n) is 7.13. The van der Waals surface area contributed by atoms with E-state index in [1.807, 2.05) is 0 Å². The maximum Gasteiger partial charge on any atom is 0.0959 e. The Bertz CT molecular complexity index is 394. The van der Waals surface area contributed by atoms with Gasteiger partial charge in [0, 0.05) is 24.4 Å². The molecule has 100 valence electrons. The van der Waals surface area contributed by atoms with Gasteiger partial charge >= 0.3 is 0 Å². The standard InChI is InChI=1S/C14H22N2OS/c17-14(6-2-1-3-7-14)10-15-8-12-9-18-13(16-12)11-4-5-11/h9,11,15,17H,1-8,10H2. The van der Waals surface area contributed by atoms with Crippen LogP contribution in [0.5, 0.6) is 0 Å². The van der Waals surface area contributed by atoms with Gasteiger partial charge < -0.3 is 10.4 Å². The molecular weight excluding hydrogens is 244 g/mol. The van der Waals surface area contributed by atoms with Gasteiger partial charge in [-0.3, -0.25) is 0 Å². The lowest BCUT2D eigenvalue weighted by molar-refractivity contribution is 0.00463. The fourth-order valence-corrected chi connectivity index (χ4v) is 3.72. The minimum absolute atomic E-state index is 0.465. The Balaban J connectivity index is 1.45. The van der Waals surface area contributed by atoms with Crippen LogP contribution in [0.15, 0.2) is 5.38 Å². The van der Waals surface area contributed by atoms with Crippen molar-refractivity contribution in [1.82, 2.24) is 10.3 Å². The summed E-state index contributed by atoms with van der Waals surface area (Å²) in [6.45, 7) is 1.51. The molecule has 0 aliphatic heterocycles. The van der Waals surface area contributed by atoms with Crippen molar-refractivity contribution in [2.75, 3.05) is 6.54 Å². The summed E-state index contributed by atoms with van der Waals surface area (Å²) in [4.78, 5) is 4.65. The van der Waals surface area contributed by atoms with E-state index in [0.717, 1.165) is 31.0 Å². The third-order valence-corrected chi connectivity index (χ3v) is 5.10. The molecule has 1 aromatic rings. The molecule has 0 amide bonds. The lowest BCUT2D eigenvalue weighted by Gasteiger charge is -2.32. The molecule has 2 saturated carbocycles.